The number of benzene rings is 1. The second kappa shape index (κ2) is 13.2. The molecule has 0 spiro atoms. The molecule has 14 heteroatoms. The van der Waals surface area contributed by atoms with Gasteiger partial charge < -0.3 is 36.8 Å². The molecule has 0 bridgehead atoms. The van der Waals surface area contributed by atoms with E-state index in [9.17, 15) is 24.3 Å². The Labute approximate surface area is 223 Å². The van der Waals surface area contributed by atoms with E-state index in [1.54, 1.807) is 12.4 Å². The van der Waals surface area contributed by atoms with Crippen LogP contribution in [0.3, 0.4) is 0 Å². The van der Waals surface area contributed by atoms with Crippen LogP contribution in [0, 0.1) is 0 Å². The fraction of sp³-hybridized carbons (Fsp3) is 0.348. The molecule has 1 aromatic carbocycles. The first-order valence-corrected chi connectivity index (χ1v) is 12.6. The van der Waals surface area contributed by atoms with Gasteiger partial charge in [-0.2, -0.15) is 25.3 Å². The predicted octanol–water partition coefficient (Wildman–Crippen LogP) is -0.598. The number of rotatable bonds is 13. The van der Waals surface area contributed by atoms with Crippen molar-refractivity contribution in [2.45, 2.75) is 37.0 Å². The highest BCUT2D eigenvalue weighted by Crippen LogP contribution is 2.19. The van der Waals surface area contributed by atoms with Crippen molar-refractivity contribution < 1.29 is 24.3 Å². The summed E-state index contributed by atoms with van der Waals surface area (Å²) in [4.78, 5) is 60.0. The lowest BCUT2D eigenvalue weighted by atomic mass is 10.0. The fourth-order valence-electron chi connectivity index (χ4n) is 3.66. The molecule has 0 aliphatic heterocycles. The maximum atomic E-state index is 13.1. The lowest BCUT2D eigenvalue weighted by Gasteiger charge is -2.24. The molecule has 12 nitrogen and oxygen atoms in total. The van der Waals surface area contributed by atoms with Gasteiger partial charge in [0.1, 0.15) is 18.1 Å². The molecule has 3 amide bonds. The van der Waals surface area contributed by atoms with Crippen LogP contribution in [0.2, 0.25) is 0 Å². The van der Waals surface area contributed by atoms with Crippen LogP contribution in [-0.2, 0) is 32.0 Å². The van der Waals surface area contributed by atoms with E-state index in [4.69, 9.17) is 5.73 Å². The van der Waals surface area contributed by atoms with Crippen LogP contribution in [0.1, 0.15) is 11.3 Å². The second-order valence-electron chi connectivity index (χ2n) is 8.34. The summed E-state index contributed by atoms with van der Waals surface area (Å²) in [6, 6.07) is 2.99. The van der Waals surface area contributed by atoms with Crippen molar-refractivity contribution in [2.75, 3.05) is 11.5 Å². The summed E-state index contributed by atoms with van der Waals surface area (Å²) in [5.41, 5.74) is 8.19. The number of carboxylic acids is 1. The summed E-state index contributed by atoms with van der Waals surface area (Å²) in [7, 11) is 0. The number of carbonyl (C=O) groups excluding carboxylic acids is 3. The molecule has 8 N–H and O–H groups in total. The SMILES string of the molecule is NC(Cc1cnc[nH]1)C(=O)NC(CS)C(=O)NC(Cc1c[nH]c2ccccc12)C(=O)NC(CS)C(=O)O. The topological polar surface area (TPSA) is 195 Å². The van der Waals surface area contributed by atoms with Gasteiger partial charge in [0, 0.05) is 53.3 Å². The fourth-order valence-corrected chi connectivity index (χ4v) is 4.16. The van der Waals surface area contributed by atoms with Gasteiger partial charge in [0.05, 0.1) is 12.4 Å². The van der Waals surface area contributed by atoms with Crippen LogP contribution in [0.15, 0.2) is 43.0 Å². The summed E-state index contributed by atoms with van der Waals surface area (Å²) < 4.78 is 0. The van der Waals surface area contributed by atoms with Crippen molar-refractivity contribution in [2.24, 2.45) is 5.73 Å². The first kappa shape index (κ1) is 28.1. The van der Waals surface area contributed by atoms with E-state index >= 15 is 0 Å². The zero-order valence-corrected chi connectivity index (χ0v) is 21.5. The molecule has 37 heavy (non-hydrogen) atoms. The van der Waals surface area contributed by atoms with Crippen molar-refractivity contribution >= 4 is 59.9 Å². The summed E-state index contributed by atoms with van der Waals surface area (Å²) in [5.74, 6) is -3.42. The Morgan fingerprint density at radius 3 is 2.22 bits per heavy atom. The van der Waals surface area contributed by atoms with Gasteiger partial charge in [0.15, 0.2) is 0 Å². The lowest BCUT2D eigenvalue weighted by molar-refractivity contribution is -0.141. The molecule has 3 rings (SSSR count). The molecular formula is C23H29N7O5S2. The van der Waals surface area contributed by atoms with E-state index in [1.165, 1.54) is 6.33 Å². The number of H-pyrrole nitrogens is 2. The van der Waals surface area contributed by atoms with Gasteiger partial charge in [-0.25, -0.2) is 9.78 Å². The summed E-state index contributed by atoms with van der Waals surface area (Å²) >= 11 is 8.15. The Bertz CT molecular complexity index is 1230. The molecule has 0 aliphatic rings. The smallest absolute Gasteiger partial charge is 0.327 e. The number of imidazole rings is 1. The van der Waals surface area contributed by atoms with Gasteiger partial charge in [-0.1, -0.05) is 18.2 Å². The Morgan fingerprint density at radius 1 is 0.919 bits per heavy atom. The average molecular weight is 548 g/mol. The number of aliphatic carboxylic acids is 1. The molecule has 198 valence electrons. The van der Waals surface area contributed by atoms with Crippen molar-refractivity contribution in [1.82, 2.24) is 30.9 Å². The number of fused-ring (bicyclic) bond motifs is 1. The molecular weight excluding hydrogens is 518 g/mol. The van der Waals surface area contributed by atoms with E-state index in [-0.39, 0.29) is 24.3 Å². The van der Waals surface area contributed by atoms with Crippen molar-refractivity contribution in [3.63, 3.8) is 0 Å². The number of aromatic amines is 2. The van der Waals surface area contributed by atoms with Gasteiger partial charge in [-0.3, -0.25) is 14.4 Å². The highest BCUT2D eigenvalue weighted by Gasteiger charge is 2.30. The Morgan fingerprint density at radius 2 is 1.57 bits per heavy atom. The van der Waals surface area contributed by atoms with Crippen LogP contribution in [0.5, 0.6) is 0 Å². The molecule has 4 atom stereocenters. The first-order valence-electron chi connectivity index (χ1n) is 11.4. The molecule has 3 aromatic rings. The minimum Gasteiger partial charge on any atom is -0.480 e. The van der Waals surface area contributed by atoms with Crippen molar-refractivity contribution in [3.8, 4) is 0 Å². The Kier molecular flexibility index (Phi) is 10.00. The molecule has 0 aliphatic carbocycles. The van der Waals surface area contributed by atoms with Gasteiger partial charge in [-0.15, -0.1) is 0 Å². The van der Waals surface area contributed by atoms with Crippen LogP contribution in [0.4, 0.5) is 0 Å². The van der Waals surface area contributed by atoms with E-state index in [0.717, 1.165) is 16.5 Å². The molecule has 2 aromatic heterocycles. The quantitative estimate of drug-likeness (QED) is 0.127. The standard InChI is InChI=1S/C23H29N7O5S2/c24-15(6-13-8-25-11-27-13)20(31)29-18(9-36)22(33)28-17(21(32)30-19(10-37)23(34)35)5-12-7-26-16-4-2-1-3-14(12)16/h1-4,7-8,11,15,17-19,26,36-37H,5-6,9-10,24H2,(H,25,27)(H,28,33)(H,29,31)(H,30,32)(H,34,35). The van der Waals surface area contributed by atoms with E-state index < -0.39 is 47.9 Å². The first-order chi connectivity index (χ1) is 17.7. The summed E-state index contributed by atoms with van der Waals surface area (Å²) in [6.45, 7) is 0. The van der Waals surface area contributed by atoms with E-state index in [0.29, 0.717) is 5.69 Å². The van der Waals surface area contributed by atoms with Crippen LogP contribution in [-0.4, -0.2) is 79.4 Å². The third-order valence-corrected chi connectivity index (χ3v) is 6.41. The molecule has 0 fully saturated rings. The van der Waals surface area contributed by atoms with E-state index in [1.807, 2.05) is 24.3 Å². The summed E-state index contributed by atoms with van der Waals surface area (Å²) in [5, 5.41) is 17.7. The second-order valence-corrected chi connectivity index (χ2v) is 9.07. The molecule has 0 saturated carbocycles. The zero-order valence-electron chi connectivity index (χ0n) is 19.7. The van der Waals surface area contributed by atoms with Gasteiger partial charge in [0.2, 0.25) is 17.7 Å². The maximum Gasteiger partial charge on any atom is 0.327 e. The number of carbonyl (C=O) groups is 4. The molecule has 2 heterocycles. The Balaban J connectivity index is 1.74. The number of hydrogen-bond acceptors (Lipinski definition) is 8. The number of hydrogen-bond donors (Lipinski definition) is 9. The zero-order chi connectivity index (χ0) is 26.9. The number of nitrogens with two attached hydrogens (primary N) is 1. The normalized spacial score (nSPS) is 14.4. The number of para-hydroxylation sites is 1. The monoisotopic (exact) mass is 547 g/mol. The van der Waals surface area contributed by atoms with Crippen LogP contribution >= 0.6 is 25.3 Å². The highest BCUT2D eigenvalue weighted by molar-refractivity contribution is 7.80. The largest absolute Gasteiger partial charge is 0.480 e. The maximum absolute atomic E-state index is 13.1. The van der Waals surface area contributed by atoms with Crippen molar-refractivity contribution in [3.05, 3.63) is 54.2 Å². The number of amides is 3. The van der Waals surface area contributed by atoms with Gasteiger partial charge in [-0.05, 0) is 11.6 Å². The third kappa shape index (κ3) is 7.50. The highest BCUT2D eigenvalue weighted by atomic mass is 32.1. The molecule has 4 unspecified atom stereocenters. The minimum atomic E-state index is -1.26. The summed E-state index contributed by atoms with van der Waals surface area (Å²) in [6.07, 6.45) is 4.97. The average Bonchev–Trinajstić information content (AvgIpc) is 3.54. The number of aromatic nitrogens is 3. The third-order valence-electron chi connectivity index (χ3n) is 5.68. The van der Waals surface area contributed by atoms with Crippen LogP contribution < -0.4 is 21.7 Å². The molecule has 0 radical (unpaired) electrons. The van der Waals surface area contributed by atoms with Crippen LogP contribution in [0.25, 0.3) is 10.9 Å². The number of carboxylic acid groups (broad SMARTS) is 1. The Hall–Kier alpha value is -3.49. The lowest BCUT2D eigenvalue weighted by Crippen LogP contribution is -2.58. The van der Waals surface area contributed by atoms with Gasteiger partial charge in [0.25, 0.3) is 0 Å². The number of nitrogens with zero attached hydrogens (tertiary/aromatic N) is 1. The van der Waals surface area contributed by atoms with Crippen molar-refractivity contribution in [1.29, 1.82) is 0 Å². The number of nitrogens with one attached hydrogen (secondary N) is 5. The molecule has 0 saturated heterocycles. The predicted molar refractivity (Wildman–Crippen MR) is 143 cm³/mol. The minimum absolute atomic E-state index is 0.0626. The van der Waals surface area contributed by atoms with E-state index in [2.05, 4.69) is 56.2 Å². The van der Waals surface area contributed by atoms with Gasteiger partial charge >= 0.3 is 5.97 Å². The number of thiol groups is 2.